The molecule has 10 aromatic rings. The van der Waals surface area contributed by atoms with Crippen LogP contribution < -0.4 is 28.4 Å². The summed E-state index contributed by atoms with van der Waals surface area (Å²) in [5, 5.41) is 9.59. The van der Waals surface area contributed by atoms with E-state index in [4.69, 9.17) is 52.4 Å². The summed E-state index contributed by atoms with van der Waals surface area (Å²) in [6.07, 6.45) is 4.94. The molecule has 0 aliphatic carbocycles. The molecule has 0 saturated carbocycles. The van der Waals surface area contributed by atoms with E-state index in [1.807, 2.05) is 94.1 Å². The molecular formula is C109H145BrIN3O12P+. The van der Waals surface area contributed by atoms with E-state index in [1.54, 1.807) is 48.7 Å². The molecule has 15 nitrogen and oxygen atoms in total. The van der Waals surface area contributed by atoms with Crippen molar-refractivity contribution in [2.75, 3.05) is 94.9 Å². The molecule has 0 saturated heterocycles. The van der Waals surface area contributed by atoms with E-state index in [0.717, 1.165) is 137 Å². The fourth-order valence-electron chi connectivity index (χ4n) is 15.1. The highest BCUT2D eigenvalue weighted by molar-refractivity contribution is 14.1. The lowest BCUT2D eigenvalue weighted by atomic mass is 9.88. The summed E-state index contributed by atoms with van der Waals surface area (Å²) in [6.45, 7) is 40.2. The number of ether oxygens (including phenoxy) is 10. The van der Waals surface area contributed by atoms with Crippen molar-refractivity contribution in [1.82, 2.24) is 0 Å². The number of hydrogen-bond acceptors (Lipinski definition) is 14. The molecule has 0 radical (unpaired) electrons. The highest BCUT2D eigenvalue weighted by atomic mass is 127. The van der Waals surface area contributed by atoms with Crippen LogP contribution in [-0.4, -0.2) is 150 Å². The summed E-state index contributed by atoms with van der Waals surface area (Å²) in [4.78, 5) is 24.0. The number of carbonyl (C=O) groups is 1. The summed E-state index contributed by atoms with van der Waals surface area (Å²) in [6, 6.07) is 72.9. The number of benzene rings is 10. The summed E-state index contributed by atoms with van der Waals surface area (Å²) in [5.41, 5.74) is 21.1. The van der Waals surface area contributed by atoms with Crippen molar-refractivity contribution in [3.8, 4) is 34.5 Å². The first-order chi connectivity index (χ1) is 60.1. The van der Waals surface area contributed by atoms with E-state index in [2.05, 4.69) is 296 Å². The van der Waals surface area contributed by atoms with Gasteiger partial charge in [-0.2, -0.15) is 4.58 Å². The van der Waals surface area contributed by atoms with Crippen LogP contribution in [0.3, 0.4) is 0 Å². The topological polar surface area (TPSA) is 157 Å². The molecule has 18 heteroatoms. The molecule has 0 amide bonds. The summed E-state index contributed by atoms with van der Waals surface area (Å²) in [7, 11) is 14.6. The van der Waals surface area contributed by atoms with E-state index >= 15 is 0 Å². The Bertz CT molecular complexity index is 5120. The Morgan fingerprint density at radius 2 is 0.724 bits per heavy atom. The normalized spacial score (nSPS) is 14.4. The Labute approximate surface area is 786 Å². The van der Waals surface area contributed by atoms with Gasteiger partial charge in [-0.05, 0) is 256 Å². The molecule has 0 spiro atoms. The van der Waals surface area contributed by atoms with Crippen LogP contribution in [0.1, 0.15) is 218 Å². The van der Waals surface area contributed by atoms with Crippen LogP contribution in [0, 0.1) is 34.6 Å². The number of esters is 1. The first-order valence-electron chi connectivity index (χ1n) is 43.3. The number of aryl methyl sites for hydroxylation is 5. The van der Waals surface area contributed by atoms with Crippen LogP contribution in [-0.2, 0) is 57.7 Å². The summed E-state index contributed by atoms with van der Waals surface area (Å²) >= 11 is 5.66. The van der Waals surface area contributed by atoms with Crippen molar-refractivity contribution >= 4 is 70.8 Å². The van der Waals surface area contributed by atoms with Gasteiger partial charge in [0.05, 0.1) is 84.1 Å². The number of aliphatic imine (C=N–C) groups is 2. The van der Waals surface area contributed by atoms with Gasteiger partial charge >= 0.3 is 11.9 Å². The molecular weight excluding hydrogens is 1780 g/mol. The van der Waals surface area contributed by atoms with Crippen molar-refractivity contribution in [3.05, 3.63) is 318 Å². The van der Waals surface area contributed by atoms with E-state index < -0.39 is 0 Å². The second kappa shape index (κ2) is 53.4. The molecule has 5 atom stereocenters. The largest absolute Gasteiger partial charge is 0.496 e. The van der Waals surface area contributed by atoms with Crippen LogP contribution >= 0.6 is 47.1 Å². The number of likely N-dealkylation sites (N-methyl/N-ethyl adjacent to an activating group) is 1. The van der Waals surface area contributed by atoms with Gasteiger partial charge in [-0.1, -0.05) is 256 Å². The number of aliphatic hydroxyl groups excluding tert-OH is 1. The number of halogens is 2. The highest BCUT2D eigenvalue weighted by Gasteiger charge is 2.42. The van der Waals surface area contributed by atoms with Crippen molar-refractivity contribution in [1.29, 1.82) is 0 Å². The average molecular weight is 1930 g/mol. The Morgan fingerprint density at radius 1 is 0.425 bits per heavy atom. The zero-order chi connectivity index (χ0) is 93.0. The van der Waals surface area contributed by atoms with Crippen molar-refractivity contribution < 1.29 is 61.8 Å². The van der Waals surface area contributed by atoms with Crippen molar-refractivity contribution in [2.45, 2.75) is 202 Å². The van der Waals surface area contributed by atoms with Crippen LogP contribution in [0.4, 0.5) is 0 Å². The minimum atomic E-state index is -0.326. The molecule has 3 heterocycles. The highest BCUT2D eigenvalue weighted by Crippen LogP contribution is 2.39. The van der Waals surface area contributed by atoms with E-state index in [0.29, 0.717) is 59.6 Å². The number of alkyl halides is 2. The van der Waals surface area contributed by atoms with Gasteiger partial charge in [-0.25, -0.2) is 14.8 Å². The fourth-order valence-corrected chi connectivity index (χ4v) is 15.5. The van der Waals surface area contributed by atoms with Gasteiger partial charge < -0.3 is 52.5 Å². The Balaban J connectivity index is 0.000000271. The second-order valence-corrected chi connectivity index (χ2v) is 36.8. The van der Waals surface area contributed by atoms with Gasteiger partial charge in [-0.15, -0.1) is 8.58 Å². The molecule has 686 valence electrons. The minimum absolute atomic E-state index is 0. The van der Waals surface area contributed by atoms with Crippen LogP contribution in [0.5, 0.6) is 34.5 Å². The molecule has 0 fully saturated rings. The molecule has 0 bridgehead atoms. The molecule has 10 aromatic carbocycles. The lowest BCUT2D eigenvalue weighted by Gasteiger charge is -2.19. The minimum Gasteiger partial charge on any atom is -0.496 e. The van der Waals surface area contributed by atoms with Gasteiger partial charge in [-0.3, -0.25) is 0 Å². The summed E-state index contributed by atoms with van der Waals surface area (Å²) in [5.74, 6) is 8.18. The van der Waals surface area contributed by atoms with E-state index in [1.165, 1.54) is 51.6 Å². The molecule has 1 N–H and O–H groups in total. The van der Waals surface area contributed by atoms with Crippen molar-refractivity contribution in [3.63, 3.8) is 0 Å². The molecule has 0 aromatic heterocycles. The standard InChI is InChI=1S/C23H30NO2.C22H27NO2.C19H22O3.C18H22O2.C14H19NO3.C9H11Br.C2H7P.CH3I.CH4/c1-16(12-18-10-8-7-9-11-18)19-13-17(2)21(25-6)14-20(19)22-24(5)23(3,4)15-26-22;1-15(11-17-9-7-6-8-10-17)18-12-16(2)20(24-5)13-19(18)21-23-22(3,4)14-25-21;1-13(10-15-8-6-5-7-9-15)16-11-14(2)18(21-3)12-17(16)19(20)22-4;1-13(9-15-7-5-4-6-8-15)17-10-14(2)18(20-3)11-16(17)12-19;1-9-6-12(17-5)10(7-11(9)16-4)13-15-14(2,3)8-18-13;1-8(10)7-9-5-3-2-4-6-9;1-3-2;1-2;/h7-11,13-14,16H,12,15H2,1-6H3;6-10,12-13,15H,11,14H2,1-5H3;5-9,11-13H,10H2,1-4H3;4-8,10-11,13,19H,9,12H2,1-3H3;6-7H,8H2,1-5H3;2-6,8H,7H2,1H3;3H,1-2H3;1H3;1H4/q+1;;;;;;;;. The van der Waals surface area contributed by atoms with E-state index in [-0.39, 0.29) is 42.5 Å². The number of hydrogen-bond donors (Lipinski definition) is 1. The first-order valence-corrected chi connectivity index (χ1v) is 48.3. The fraction of sp³-hybridized carbons (Fsp3) is 0.413. The van der Waals surface area contributed by atoms with E-state index in [9.17, 15) is 9.90 Å². The third-order valence-electron chi connectivity index (χ3n) is 22.1. The SMILES string of the molecule is C.CC(Br)Cc1ccccc1.CI.COC(=O)c1cc(OC)c(C)cc1C(C)Cc1ccccc1.COc1cc(C2=NC(C)(C)CO2)c(C(C)Cc2ccccc2)cc1C.COc1cc(C2=NC(C)(C)CO2)c(OC)cc1C.COc1cc(C2=[N+](C)C(C)(C)CO2)c(C(C)Cc2ccccc2)cc1C.COc1cc(CO)c(C(C)Cc2ccccc2)cc1C.CPC. The molecule has 13 rings (SSSR count). The number of methoxy groups -OCH3 is 7. The van der Waals surface area contributed by atoms with Gasteiger partial charge in [0.15, 0.2) is 12.1 Å². The predicted molar refractivity (Wildman–Crippen MR) is 546 cm³/mol. The van der Waals surface area contributed by atoms with Crippen LogP contribution in [0.15, 0.2) is 222 Å². The molecule has 3 aliphatic rings. The summed E-state index contributed by atoms with van der Waals surface area (Å²) < 4.78 is 57.4. The maximum Gasteiger partial charge on any atom is 0.370 e. The number of nitrogens with zero attached hydrogens (tertiary/aromatic N) is 3. The van der Waals surface area contributed by atoms with Crippen molar-refractivity contribution in [2.24, 2.45) is 9.98 Å². The monoisotopic (exact) mass is 1920 g/mol. The first kappa shape index (κ1) is 108. The van der Waals surface area contributed by atoms with Gasteiger partial charge in [0.25, 0.3) is 0 Å². The Kier molecular flexibility index (Phi) is 45.5. The zero-order valence-electron chi connectivity index (χ0n) is 80.0. The smallest absolute Gasteiger partial charge is 0.370 e. The lowest BCUT2D eigenvalue weighted by Crippen LogP contribution is -2.33. The number of rotatable bonds is 25. The zero-order valence-corrected chi connectivity index (χ0v) is 84.7. The third kappa shape index (κ3) is 32.6. The van der Waals surface area contributed by atoms with Gasteiger partial charge in [0, 0.05) is 24.2 Å². The molecule has 127 heavy (non-hydrogen) atoms. The molecule has 5 unspecified atom stereocenters. The number of aliphatic hydroxyl groups is 1. The van der Waals surface area contributed by atoms with Gasteiger partial charge in [0.2, 0.25) is 11.8 Å². The molecule has 3 aliphatic heterocycles. The number of carbonyl (C=O) groups excluding carboxylic acids is 1. The maximum atomic E-state index is 12.1. The second-order valence-electron chi connectivity index (χ2n) is 34.3. The Morgan fingerprint density at radius 3 is 1.06 bits per heavy atom. The van der Waals surface area contributed by atoms with Gasteiger partial charge in [0.1, 0.15) is 54.8 Å². The quantitative estimate of drug-likeness (QED) is 0.0190. The third-order valence-corrected chi connectivity index (χ3v) is 22.4. The van der Waals surface area contributed by atoms with Crippen LogP contribution in [0.25, 0.3) is 0 Å². The maximum absolute atomic E-state index is 12.1. The Hall–Kier alpha value is -9.52. The lowest BCUT2D eigenvalue weighted by molar-refractivity contribution is -0.562. The average Bonchev–Trinajstić information content (AvgIpc) is 1.66. The predicted octanol–water partition coefficient (Wildman–Crippen LogP) is 25.6. The van der Waals surface area contributed by atoms with Crippen LogP contribution in [0.2, 0.25) is 0 Å².